The van der Waals surface area contributed by atoms with Crippen molar-refractivity contribution in [1.29, 1.82) is 0 Å². The Morgan fingerprint density at radius 1 is 0.426 bits per heavy atom. The molecule has 0 spiro atoms. The first kappa shape index (κ1) is 62.4. The van der Waals surface area contributed by atoms with Crippen molar-refractivity contribution in [3.63, 3.8) is 0 Å². The number of hydrogen-bond acceptors (Lipinski definition) is 2. The Balaban J connectivity index is 0.000000287. The van der Waals surface area contributed by atoms with E-state index in [4.69, 9.17) is 0 Å². The molecule has 0 amide bonds. The number of para-hydroxylation sites is 4. The monoisotopic (exact) mass is 1860 g/mol. The number of rotatable bonds is 18. The molecule has 0 unspecified atom stereocenters. The van der Waals surface area contributed by atoms with Crippen molar-refractivity contribution < 1.29 is 67.3 Å². The Bertz CT molecular complexity index is 2260. The summed E-state index contributed by atoms with van der Waals surface area (Å²) < 4.78 is 10.1. The number of halogens is 8. The molecule has 376 valence electrons. The van der Waals surface area contributed by atoms with Crippen LogP contribution < -0.4 is 67.3 Å². The topological polar surface area (TPSA) is 17.6 Å². The Hall–Kier alpha value is 1.84. The van der Waals surface area contributed by atoms with E-state index in [0.29, 0.717) is 73.9 Å². The molecule has 0 aliphatic rings. The van der Waals surface area contributed by atoms with E-state index in [9.17, 15) is 0 Å². The largest absolute Gasteiger partial charge is 0 e. The first-order valence-corrected chi connectivity index (χ1v) is 61.6. The molecule has 0 bridgehead atoms. The second kappa shape index (κ2) is 30.5. The van der Waals surface area contributed by atoms with Crippen LogP contribution in [-0.2, 0) is 0 Å². The first-order chi connectivity index (χ1) is 32.4. The molecule has 2 heterocycles. The molecule has 0 fully saturated rings. The van der Waals surface area contributed by atoms with E-state index >= 15 is 0 Å². The van der Waals surface area contributed by atoms with E-state index in [1.54, 1.807) is 0 Å². The van der Waals surface area contributed by atoms with Gasteiger partial charge in [-0.2, -0.15) is 0 Å². The van der Waals surface area contributed by atoms with Crippen molar-refractivity contribution in [3.8, 4) is 22.7 Å². The summed E-state index contributed by atoms with van der Waals surface area (Å²) in [6.45, 7) is 37.1. The fourth-order valence-corrected chi connectivity index (χ4v) is 79.8. The molecule has 6 aromatic rings. The van der Waals surface area contributed by atoms with E-state index in [-0.39, 0.29) is 31.7 Å². The summed E-state index contributed by atoms with van der Waals surface area (Å²) in [7, 11) is 4.21. The van der Waals surface area contributed by atoms with Gasteiger partial charge in [0.05, 0.1) is 0 Å². The summed E-state index contributed by atoms with van der Waals surface area (Å²) in [4.78, 5) is 0. The molecular weight excluding hydrogens is 1780 g/mol. The Kier molecular flexibility index (Phi) is 28.0. The van der Waals surface area contributed by atoms with Gasteiger partial charge in [0.1, 0.15) is 0 Å². The second-order valence-electron chi connectivity index (χ2n) is 19.4. The maximum Gasteiger partial charge on any atom is 0 e. The zero-order valence-corrected chi connectivity index (χ0v) is 61.4. The third-order valence-corrected chi connectivity index (χ3v) is 84.6. The number of benzene rings is 4. The van der Waals surface area contributed by atoms with Gasteiger partial charge in [-0.25, -0.2) is 0 Å². The van der Waals surface area contributed by atoms with Crippen LogP contribution in [0.4, 0.5) is 0 Å². The van der Waals surface area contributed by atoms with Crippen molar-refractivity contribution in [2.75, 3.05) is 0 Å². The van der Waals surface area contributed by atoms with Gasteiger partial charge in [0.15, 0.2) is 0 Å². The molecule has 0 aliphatic heterocycles. The van der Waals surface area contributed by atoms with Crippen LogP contribution in [0, 0.1) is 0 Å². The van der Waals surface area contributed by atoms with Gasteiger partial charge in [-0.1, -0.05) is 0 Å². The number of hydrogen-bond donors (Lipinski definition) is 0. The molecule has 4 aromatic carbocycles. The molecule has 0 radical (unpaired) electrons. The van der Waals surface area contributed by atoms with Crippen LogP contribution in [0.25, 0.3) is 22.7 Å². The number of imidazole rings is 2. The van der Waals surface area contributed by atoms with Gasteiger partial charge < -0.3 is 0 Å². The predicted molar refractivity (Wildman–Crippen MR) is 315 cm³/mol. The third-order valence-electron chi connectivity index (χ3n) is 12.1. The maximum absolute atomic E-state index is 2.68. The van der Waals surface area contributed by atoms with Gasteiger partial charge in [-0.15, -0.1) is 0 Å². The number of aromatic nitrogens is 4. The van der Waals surface area contributed by atoms with Crippen molar-refractivity contribution in [2.24, 2.45) is 0 Å². The van der Waals surface area contributed by atoms with Gasteiger partial charge in [0.25, 0.3) is 0 Å². The molecule has 6 rings (SSSR count). The van der Waals surface area contributed by atoms with Crippen LogP contribution in [0.15, 0.2) is 108 Å². The molecule has 68 heavy (non-hydrogen) atoms. The van der Waals surface area contributed by atoms with Crippen molar-refractivity contribution >= 4 is 92.3 Å². The molecule has 0 saturated heterocycles. The van der Waals surface area contributed by atoms with E-state index in [1.807, 2.05) is 8.93 Å². The molecule has 2 aromatic heterocycles. The zero-order valence-electron chi connectivity index (χ0n) is 42.5. The van der Waals surface area contributed by atoms with E-state index in [0.717, 1.165) is 0 Å². The van der Waals surface area contributed by atoms with Gasteiger partial charge in [-0.3, -0.25) is 0 Å². The van der Waals surface area contributed by atoms with Crippen molar-refractivity contribution in [3.05, 3.63) is 142 Å². The Morgan fingerprint density at radius 3 is 0.941 bits per heavy atom. The fraction of sp³-hybridized carbons (Fsp3) is 0.444. The van der Waals surface area contributed by atoms with Crippen LogP contribution in [0.2, 0.25) is 0 Å². The normalized spacial score (nSPS) is 11.9. The summed E-state index contributed by atoms with van der Waals surface area (Å²) in [6, 6.07) is 27.6. The quantitative estimate of drug-likeness (QED) is 0.0517. The third kappa shape index (κ3) is 15.5. The van der Waals surface area contributed by atoms with Crippen molar-refractivity contribution in [1.82, 2.24) is 9.13 Å². The van der Waals surface area contributed by atoms with Crippen LogP contribution >= 0.6 is 92.3 Å². The second-order valence-corrected chi connectivity index (χ2v) is 71.2. The summed E-state index contributed by atoms with van der Waals surface area (Å²) >= 11 is 10.5. The zero-order chi connectivity index (χ0) is 50.6. The summed E-state index contributed by atoms with van der Waals surface area (Å²) in [5.74, 6) is 3.83. The van der Waals surface area contributed by atoms with Gasteiger partial charge in [0, 0.05) is 37.2 Å². The molecule has 0 saturated carbocycles. The van der Waals surface area contributed by atoms with E-state index in [1.165, 1.54) is 77.6 Å². The van der Waals surface area contributed by atoms with Crippen LogP contribution in [0.1, 0.15) is 203 Å². The molecule has 0 aliphatic carbocycles. The minimum Gasteiger partial charge on any atom is 0 e. The minimum absolute atomic E-state index is 0.0203. The fourth-order valence-electron chi connectivity index (χ4n) is 8.81. The summed E-state index contributed by atoms with van der Waals surface area (Å²) in [5.41, 5.74) is 17.1. The average molecular weight is 1860 g/mol. The van der Waals surface area contributed by atoms with Gasteiger partial charge in [0.2, 0.25) is 0 Å². The minimum atomic E-state index is -0.0203. The Morgan fingerprint density at radius 2 is 0.691 bits per heavy atom. The molecule has 14 heteroatoms. The first-order valence-electron chi connectivity index (χ1n) is 23.4. The van der Waals surface area contributed by atoms with E-state index in [2.05, 4.69) is 310 Å². The Labute approximate surface area is 493 Å². The van der Waals surface area contributed by atoms with Crippen LogP contribution in [0.5, 0.6) is 0 Å². The predicted octanol–water partition coefficient (Wildman–Crippen LogP) is 7.17. The smallest absolute Gasteiger partial charge is 0 e. The molecule has 0 N–H and O–H groups in total. The van der Waals surface area contributed by atoms with Gasteiger partial charge in [-0.05, 0) is 0 Å². The molecule has 0 atom stereocenters. The SMILES string of the molecule is CC(C)c1cccc(C(C)C)c1-n1cc[n+](-c2c(C(C)C)cccc2C(C)C)c1S[I-]I.CC(C)c1cccc(C(C)C)c1-n1cc[n+](-c2c(C(C)C)cccc2C(C)C)c1S[I-][I+][I-]I.II. The summed E-state index contributed by atoms with van der Waals surface area (Å²) in [5, 5.41) is 2.74. The van der Waals surface area contributed by atoms with Gasteiger partial charge >= 0.3 is 465 Å². The molecule has 4 nitrogen and oxygen atoms in total. The molecular formula is C54H72I8N4S2. The summed E-state index contributed by atoms with van der Waals surface area (Å²) in [6.07, 6.45) is 9.29. The van der Waals surface area contributed by atoms with Crippen LogP contribution in [0.3, 0.4) is 0 Å². The van der Waals surface area contributed by atoms with Crippen molar-refractivity contribution in [2.45, 2.75) is 168 Å². The standard InChI is InChI=1S/C27H36I4N2S.C27H36I2N2S.I2/c1-17(2)21-11-9-12-22(18(3)4)25(21)32-15-16-33(27(32)34-31-30-29-28)26-23(19(5)6)13-10-14-24(26)20(7)8;1-17(2)21-11-9-12-22(18(3)4)25(21)30-15-16-31(27(30)32-29-28)26-23(19(5)6)13-10-14-24(26)20(7)8;1-2/h9-20H,1-8H3;9-20H,1-8H3;. The number of nitrogens with zero attached hydrogens (tertiary/aromatic N) is 4. The van der Waals surface area contributed by atoms with E-state index < -0.39 is 0 Å². The maximum atomic E-state index is 2.68. The van der Waals surface area contributed by atoms with Crippen LogP contribution in [-0.4, -0.2) is 9.13 Å². The average Bonchev–Trinajstić information content (AvgIpc) is 3.92.